The molecule has 13 nitrogen and oxygen atoms in total. The third kappa shape index (κ3) is 11.5. The lowest BCUT2D eigenvalue weighted by molar-refractivity contribution is -0.143. The van der Waals surface area contributed by atoms with Crippen molar-refractivity contribution in [1.29, 1.82) is 0 Å². The summed E-state index contributed by atoms with van der Waals surface area (Å²) in [5.74, 6) is -4.98. The molecule has 8 N–H and O–H groups in total. The van der Waals surface area contributed by atoms with Gasteiger partial charge in [0.15, 0.2) is 0 Å². The molecule has 2 atom stereocenters. The lowest BCUT2D eigenvalue weighted by atomic mass is 9.79. The molecule has 0 unspecified atom stereocenters. The molecular formula is C36H45N4O9P. The van der Waals surface area contributed by atoms with E-state index in [-0.39, 0.29) is 25.8 Å². The first-order valence-corrected chi connectivity index (χ1v) is 18.5. The minimum atomic E-state index is -4.28. The number of aliphatic carboxylic acids is 1. The second-order valence-electron chi connectivity index (χ2n) is 13.0. The molecule has 4 rings (SSSR count). The standard InChI is InChI=1S/C36H45N4O9P/c37-31(41)22-30(34(45)38-18-6-7-24-14-15-27-8-2-3-9-28(27)19-24)39-35(46)36(16-4-1-5-17-36)40-33(44)29(21-32(42)43)20-25-10-12-26(13-11-25)23-50(47,48)49/h2-3,8-15,19,29-30H,1,4-7,16-18,20-23H2,(H2,37,41)(H,38,45)(H,39,46)(H,40,44)(H,42,43)(H2,47,48,49)/t29-,30+/m1/s1. The van der Waals surface area contributed by atoms with Gasteiger partial charge in [-0.15, -0.1) is 0 Å². The van der Waals surface area contributed by atoms with Crippen molar-refractivity contribution in [2.75, 3.05) is 6.54 Å². The number of nitrogens with one attached hydrogen (secondary N) is 3. The molecule has 3 aromatic rings. The van der Waals surface area contributed by atoms with Crippen molar-refractivity contribution in [3.63, 3.8) is 0 Å². The largest absolute Gasteiger partial charge is 0.481 e. The molecule has 0 aromatic heterocycles. The maximum absolute atomic E-state index is 13.9. The number of hydrogen-bond donors (Lipinski definition) is 7. The molecule has 14 heteroatoms. The van der Waals surface area contributed by atoms with E-state index >= 15 is 0 Å². The van der Waals surface area contributed by atoms with E-state index in [4.69, 9.17) is 5.73 Å². The SMILES string of the molecule is NC(=O)C[C@H](NC(=O)C1(NC(=O)[C@@H](CC(=O)O)Cc2ccc(CP(=O)(O)O)cc2)CCCCC1)C(=O)NCCCc1ccc2ccccc2c1. The number of nitrogens with two attached hydrogens (primary N) is 1. The Morgan fingerprint density at radius 2 is 1.46 bits per heavy atom. The molecule has 1 aliphatic rings. The fourth-order valence-electron chi connectivity index (χ4n) is 6.40. The van der Waals surface area contributed by atoms with Crippen LogP contribution in [0.1, 0.15) is 68.1 Å². The molecule has 0 saturated heterocycles. The van der Waals surface area contributed by atoms with Crippen LogP contribution >= 0.6 is 7.60 Å². The molecule has 4 amide bonds. The van der Waals surface area contributed by atoms with Gasteiger partial charge >= 0.3 is 13.6 Å². The molecule has 0 spiro atoms. The van der Waals surface area contributed by atoms with Gasteiger partial charge in [-0.05, 0) is 59.6 Å². The number of carboxylic acids is 1. The van der Waals surface area contributed by atoms with E-state index in [1.807, 2.05) is 36.4 Å². The van der Waals surface area contributed by atoms with Crippen molar-refractivity contribution in [3.8, 4) is 0 Å². The van der Waals surface area contributed by atoms with Gasteiger partial charge in [-0.3, -0.25) is 28.5 Å². The zero-order valence-electron chi connectivity index (χ0n) is 27.8. The van der Waals surface area contributed by atoms with Crippen molar-refractivity contribution in [2.45, 2.75) is 82.0 Å². The fourth-order valence-corrected chi connectivity index (χ4v) is 7.09. The smallest absolute Gasteiger partial charge is 0.329 e. The second-order valence-corrected chi connectivity index (χ2v) is 14.7. The van der Waals surface area contributed by atoms with Gasteiger partial charge in [-0.25, -0.2) is 0 Å². The summed E-state index contributed by atoms with van der Waals surface area (Å²) in [5, 5.41) is 20.1. The molecule has 268 valence electrons. The molecule has 1 fully saturated rings. The molecule has 0 heterocycles. The van der Waals surface area contributed by atoms with Crippen LogP contribution in [0, 0.1) is 5.92 Å². The summed E-state index contributed by atoms with van der Waals surface area (Å²) in [6.07, 6.45) is 2.37. The van der Waals surface area contributed by atoms with Gasteiger partial charge in [0.2, 0.25) is 23.6 Å². The highest BCUT2D eigenvalue weighted by atomic mass is 31.2. The van der Waals surface area contributed by atoms with Gasteiger partial charge in [-0.1, -0.05) is 86.0 Å². The fraction of sp³-hybridized carbons (Fsp3) is 0.417. The summed E-state index contributed by atoms with van der Waals surface area (Å²) < 4.78 is 11.3. The van der Waals surface area contributed by atoms with E-state index < -0.39 is 73.7 Å². The van der Waals surface area contributed by atoms with Crippen LogP contribution in [0.4, 0.5) is 0 Å². The van der Waals surface area contributed by atoms with Crippen molar-refractivity contribution < 1.29 is 43.4 Å². The van der Waals surface area contributed by atoms with Gasteiger partial charge in [0.25, 0.3) is 0 Å². The van der Waals surface area contributed by atoms with Crippen LogP contribution in [0.2, 0.25) is 0 Å². The van der Waals surface area contributed by atoms with E-state index in [9.17, 15) is 43.4 Å². The molecule has 50 heavy (non-hydrogen) atoms. The lowest BCUT2D eigenvalue weighted by Crippen LogP contribution is -2.63. The Bertz CT molecular complexity index is 1730. The number of amides is 4. The minimum absolute atomic E-state index is 0.00205. The minimum Gasteiger partial charge on any atom is -0.481 e. The zero-order chi connectivity index (χ0) is 36.3. The number of carbonyl (C=O) groups is 5. The molecule has 0 bridgehead atoms. The van der Waals surface area contributed by atoms with Crippen molar-refractivity contribution in [2.24, 2.45) is 11.7 Å². The lowest BCUT2D eigenvalue weighted by Gasteiger charge is -2.38. The van der Waals surface area contributed by atoms with E-state index in [1.165, 1.54) is 12.1 Å². The summed E-state index contributed by atoms with van der Waals surface area (Å²) in [5.41, 5.74) is 6.06. The molecule has 0 aliphatic heterocycles. The predicted molar refractivity (Wildman–Crippen MR) is 187 cm³/mol. The second kappa shape index (κ2) is 17.4. The summed E-state index contributed by atoms with van der Waals surface area (Å²) in [6.45, 7) is 0.288. The molecule has 3 aromatic carbocycles. The predicted octanol–water partition coefficient (Wildman–Crippen LogP) is 3.08. The van der Waals surface area contributed by atoms with Gasteiger partial charge in [-0.2, -0.15) is 0 Å². The van der Waals surface area contributed by atoms with Gasteiger partial charge < -0.3 is 36.6 Å². The summed E-state index contributed by atoms with van der Waals surface area (Å²) >= 11 is 0. The first-order chi connectivity index (χ1) is 23.7. The van der Waals surface area contributed by atoms with Crippen LogP contribution in [0.15, 0.2) is 66.7 Å². The van der Waals surface area contributed by atoms with Crippen LogP contribution in [0.3, 0.4) is 0 Å². The van der Waals surface area contributed by atoms with E-state index in [2.05, 4.69) is 22.0 Å². The Morgan fingerprint density at radius 1 is 0.820 bits per heavy atom. The zero-order valence-corrected chi connectivity index (χ0v) is 28.7. The third-order valence-electron chi connectivity index (χ3n) is 8.97. The number of rotatable bonds is 17. The maximum Gasteiger partial charge on any atom is 0.329 e. The van der Waals surface area contributed by atoms with Crippen molar-refractivity contribution in [3.05, 3.63) is 83.4 Å². The Kier molecular flexibility index (Phi) is 13.3. The van der Waals surface area contributed by atoms with Crippen LogP contribution in [0.5, 0.6) is 0 Å². The van der Waals surface area contributed by atoms with E-state index in [0.29, 0.717) is 36.8 Å². The van der Waals surface area contributed by atoms with E-state index in [0.717, 1.165) is 22.8 Å². The molecule has 1 saturated carbocycles. The van der Waals surface area contributed by atoms with Crippen LogP contribution in [-0.2, 0) is 47.5 Å². The highest BCUT2D eigenvalue weighted by Gasteiger charge is 2.43. The average molecular weight is 709 g/mol. The number of carboxylic acid groups (broad SMARTS) is 1. The van der Waals surface area contributed by atoms with Gasteiger partial charge in [0.05, 0.1) is 24.9 Å². The number of carbonyl (C=O) groups excluding carboxylic acids is 4. The quantitative estimate of drug-likeness (QED) is 0.0807. The van der Waals surface area contributed by atoms with E-state index in [1.54, 1.807) is 12.1 Å². The number of hydrogen-bond acceptors (Lipinski definition) is 6. The highest BCUT2D eigenvalue weighted by molar-refractivity contribution is 7.50. The van der Waals surface area contributed by atoms with Crippen LogP contribution < -0.4 is 21.7 Å². The highest BCUT2D eigenvalue weighted by Crippen LogP contribution is 2.39. The van der Waals surface area contributed by atoms with Crippen LogP contribution in [-0.4, -0.2) is 62.6 Å². The first-order valence-electron chi connectivity index (χ1n) is 16.7. The van der Waals surface area contributed by atoms with Gasteiger partial charge in [0.1, 0.15) is 11.6 Å². The van der Waals surface area contributed by atoms with Crippen LogP contribution in [0.25, 0.3) is 10.8 Å². The number of fused-ring (bicyclic) bond motifs is 1. The maximum atomic E-state index is 13.9. The number of benzene rings is 3. The Labute approximate surface area is 290 Å². The monoisotopic (exact) mass is 708 g/mol. The Morgan fingerprint density at radius 3 is 2.10 bits per heavy atom. The molecular weight excluding hydrogens is 663 g/mol. The van der Waals surface area contributed by atoms with Gasteiger partial charge in [0, 0.05) is 6.54 Å². The molecule has 0 radical (unpaired) electrons. The number of primary amides is 1. The topological polar surface area (TPSA) is 225 Å². The third-order valence-corrected chi connectivity index (χ3v) is 9.75. The normalized spacial score (nSPS) is 15.4. The average Bonchev–Trinajstić information content (AvgIpc) is 3.06. The summed E-state index contributed by atoms with van der Waals surface area (Å²) in [4.78, 5) is 82.9. The van der Waals surface area contributed by atoms with Crippen molar-refractivity contribution in [1.82, 2.24) is 16.0 Å². The Balaban J connectivity index is 1.41. The Hall–Kier alpha value is -4.58. The number of aryl methyl sites for hydroxylation is 1. The summed E-state index contributed by atoms with van der Waals surface area (Å²) in [6, 6.07) is 19.1. The summed E-state index contributed by atoms with van der Waals surface area (Å²) in [7, 11) is -4.28. The first kappa shape index (κ1) is 38.2. The van der Waals surface area contributed by atoms with Crippen molar-refractivity contribution >= 4 is 48.0 Å². The molecule has 1 aliphatic carbocycles.